The van der Waals surface area contributed by atoms with Gasteiger partial charge in [0, 0.05) is 24.1 Å². The Kier molecular flexibility index (Phi) is 5.33. The van der Waals surface area contributed by atoms with E-state index >= 15 is 0 Å². The van der Waals surface area contributed by atoms with E-state index in [1.807, 2.05) is 55.6 Å². The van der Waals surface area contributed by atoms with Crippen LogP contribution in [-0.2, 0) is 0 Å². The summed E-state index contributed by atoms with van der Waals surface area (Å²) >= 11 is 0. The molecule has 0 aliphatic rings. The first-order valence-electron chi connectivity index (χ1n) is 6.87. The molecule has 4 heteroatoms. The van der Waals surface area contributed by atoms with Gasteiger partial charge in [0.2, 0.25) is 0 Å². The molecule has 0 aliphatic carbocycles. The summed E-state index contributed by atoms with van der Waals surface area (Å²) in [5.74, 6) is 2.33. The highest BCUT2D eigenvalue weighted by Crippen LogP contribution is 2.31. The molecule has 0 bridgehead atoms. The van der Waals surface area contributed by atoms with Gasteiger partial charge in [-0.25, -0.2) is 0 Å². The molecule has 1 aromatic heterocycles. The SMILES string of the molecule is CO.COc1ccc2cncc(Oc3ccc(C)cc3)c2c1. The second-order valence-electron chi connectivity index (χ2n) is 4.64. The Bertz CT molecular complexity index is 739. The first-order valence-corrected chi connectivity index (χ1v) is 6.87. The summed E-state index contributed by atoms with van der Waals surface area (Å²) in [7, 11) is 2.66. The second kappa shape index (κ2) is 7.43. The van der Waals surface area contributed by atoms with E-state index in [4.69, 9.17) is 14.6 Å². The predicted octanol–water partition coefficient (Wildman–Crippen LogP) is 3.95. The molecule has 1 heterocycles. The van der Waals surface area contributed by atoms with E-state index in [-0.39, 0.29) is 0 Å². The molecule has 0 saturated carbocycles. The Morgan fingerprint density at radius 2 is 1.59 bits per heavy atom. The number of aliphatic hydroxyl groups is 1. The first kappa shape index (κ1) is 15.8. The van der Waals surface area contributed by atoms with Gasteiger partial charge in [0.25, 0.3) is 0 Å². The number of hydrogen-bond acceptors (Lipinski definition) is 4. The molecular formula is C18H19NO3. The van der Waals surface area contributed by atoms with Crippen molar-refractivity contribution < 1.29 is 14.6 Å². The monoisotopic (exact) mass is 297 g/mol. The molecule has 0 aliphatic heterocycles. The fourth-order valence-electron chi connectivity index (χ4n) is 2.06. The Morgan fingerprint density at radius 3 is 2.27 bits per heavy atom. The minimum Gasteiger partial charge on any atom is -0.497 e. The van der Waals surface area contributed by atoms with Crippen LogP contribution in [0.25, 0.3) is 10.8 Å². The third-order valence-corrected chi connectivity index (χ3v) is 3.18. The molecule has 0 amide bonds. The lowest BCUT2D eigenvalue weighted by Crippen LogP contribution is -1.89. The molecule has 0 fully saturated rings. The van der Waals surface area contributed by atoms with Crippen molar-refractivity contribution in [2.75, 3.05) is 14.2 Å². The first-order chi connectivity index (χ1) is 10.8. The number of pyridine rings is 1. The number of aromatic nitrogens is 1. The van der Waals surface area contributed by atoms with Crippen molar-refractivity contribution in [3.05, 3.63) is 60.4 Å². The maximum atomic E-state index is 7.00. The molecule has 0 unspecified atom stereocenters. The van der Waals surface area contributed by atoms with Crippen molar-refractivity contribution in [2.24, 2.45) is 0 Å². The zero-order valence-electron chi connectivity index (χ0n) is 12.9. The number of rotatable bonds is 3. The number of nitrogens with zero attached hydrogens (tertiary/aromatic N) is 1. The molecule has 22 heavy (non-hydrogen) atoms. The van der Waals surface area contributed by atoms with Crippen molar-refractivity contribution in [3.63, 3.8) is 0 Å². The van der Waals surface area contributed by atoms with E-state index < -0.39 is 0 Å². The smallest absolute Gasteiger partial charge is 0.153 e. The van der Waals surface area contributed by atoms with Crippen LogP contribution in [0.3, 0.4) is 0 Å². The number of ether oxygens (including phenoxy) is 2. The van der Waals surface area contributed by atoms with Gasteiger partial charge in [-0.2, -0.15) is 0 Å². The van der Waals surface area contributed by atoms with Gasteiger partial charge in [0.15, 0.2) is 5.75 Å². The number of methoxy groups -OCH3 is 1. The second-order valence-corrected chi connectivity index (χ2v) is 4.64. The number of aryl methyl sites for hydroxylation is 1. The van der Waals surface area contributed by atoms with Crippen LogP contribution in [0.1, 0.15) is 5.56 Å². The van der Waals surface area contributed by atoms with E-state index in [1.54, 1.807) is 13.3 Å². The fourth-order valence-corrected chi connectivity index (χ4v) is 2.06. The maximum absolute atomic E-state index is 7.00. The van der Waals surface area contributed by atoms with Crippen LogP contribution in [0, 0.1) is 6.92 Å². The Labute approximate surface area is 130 Å². The number of benzene rings is 2. The molecule has 4 nitrogen and oxygen atoms in total. The van der Waals surface area contributed by atoms with Crippen LogP contribution in [0.5, 0.6) is 17.2 Å². The largest absolute Gasteiger partial charge is 0.497 e. The van der Waals surface area contributed by atoms with Crippen LogP contribution in [0.2, 0.25) is 0 Å². The van der Waals surface area contributed by atoms with E-state index in [1.165, 1.54) is 5.56 Å². The van der Waals surface area contributed by atoms with Crippen molar-refractivity contribution in [2.45, 2.75) is 6.92 Å². The van der Waals surface area contributed by atoms with E-state index in [0.29, 0.717) is 0 Å². The summed E-state index contributed by atoms with van der Waals surface area (Å²) in [6.45, 7) is 2.05. The molecule has 0 saturated heterocycles. The van der Waals surface area contributed by atoms with Crippen LogP contribution in [-0.4, -0.2) is 24.3 Å². The van der Waals surface area contributed by atoms with E-state index in [0.717, 1.165) is 35.1 Å². The highest BCUT2D eigenvalue weighted by molar-refractivity contribution is 5.88. The number of fused-ring (bicyclic) bond motifs is 1. The number of hydrogen-bond donors (Lipinski definition) is 1. The van der Waals surface area contributed by atoms with Gasteiger partial charge in [-0.15, -0.1) is 0 Å². The van der Waals surface area contributed by atoms with Crippen LogP contribution < -0.4 is 9.47 Å². The molecule has 0 radical (unpaired) electrons. The summed E-state index contributed by atoms with van der Waals surface area (Å²) in [4.78, 5) is 4.22. The Hall–Kier alpha value is -2.59. The third kappa shape index (κ3) is 3.54. The molecule has 1 N–H and O–H groups in total. The lowest BCUT2D eigenvalue weighted by molar-refractivity contribution is 0.399. The van der Waals surface area contributed by atoms with Gasteiger partial charge in [0.05, 0.1) is 13.3 Å². The van der Waals surface area contributed by atoms with Gasteiger partial charge < -0.3 is 14.6 Å². The quantitative estimate of drug-likeness (QED) is 0.795. The summed E-state index contributed by atoms with van der Waals surface area (Å²) in [6, 6.07) is 13.8. The molecule has 3 aromatic rings. The summed E-state index contributed by atoms with van der Waals surface area (Å²) in [5, 5.41) is 9.01. The van der Waals surface area contributed by atoms with Gasteiger partial charge in [-0.1, -0.05) is 17.7 Å². The predicted molar refractivity (Wildman–Crippen MR) is 87.7 cm³/mol. The molecule has 0 atom stereocenters. The summed E-state index contributed by atoms with van der Waals surface area (Å²) in [5.41, 5.74) is 1.20. The maximum Gasteiger partial charge on any atom is 0.153 e. The average Bonchev–Trinajstić information content (AvgIpc) is 2.58. The fraction of sp³-hybridized carbons (Fsp3) is 0.167. The Balaban J connectivity index is 0.000000847. The van der Waals surface area contributed by atoms with Crippen LogP contribution in [0.15, 0.2) is 54.9 Å². The van der Waals surface area contributed by atoms with E-state index in [9.17, 15) is 0 Å². The minimum atomic E-state index is 0.727. The van der Waals surface area contributed by atoms with Gasteiger partial charge >= 0.3 is 0 Å². The van der Waals surface area contributed by atoms with Crippen molar-refractivity contribution in [1.29, 1.82) is 0 Å². The van der Waals surface area contributed by atoms with Gasteiger partial charge in [-0.3, -0.25) is 4.98 Å². The highest BCUT2D eigenvalue weighted by atomic mass is 16.5. The van der Waals surface area contributed by atoms with Gasteiger partial charge in [-0.05, 0) is 37.3 Å². The summed E-state index contributed by atoms with van der Waals surface area (Å²) < 4.78 is 11.2. The number of aliphatic hydroxyl groups excluding tert-OH is 1. The molecular weight excluding hydrogens is 278 g/mol. The zero-order chi connectivity index (χ0) is 15.9. The van der Waals surface area contributed by atoms with Crippen molar-refractivity contribution in [3.8, 4) is 17.2 Å². The molecule has 2 aromatic carbocycles. The van der Waals surface area contributed by atoms with Crippen LogP contribution in [0.4, 0.5) is 0 Å². The standard InChI is InChI=1S/C17H15NO2.CH4O/c1-12-3-6-14(7-4-12)20-17-11-18-10-13-5-8-15(19-2)9-16(13)17;1-2/h3-11H,1-2H3;2H,1H3. The highest BCUT2D eigenvalue weighted by Gasteiger charge is 2.05. The Morgan fingerprint density at radius 1 is 0.909 bits per heavy atom. The average molecular weight is 297 g/mol. The zero-order valence-corrected chi connectivity index (χ0v) is 12.9. The normalized spacial score (nSPS) is 9.82. The van der Waals surface area contributed by atoms with Crippen molar-refractivity contribution in [1.82, 2.24) is 4.98 Å². The lowest BCUT2D eigenvalue weighted by atomic mass is 10.1. The molecule has 0 spiro atoms. The lowest BCUT2D eigenvalue weighted by Gasteiger charge is -2.09. The van der Waals surface area contributed by atoms with E-state index in [2.05, 4.69) is 4.98 Å². The molecule has 3 rings (SSSR count). The van der Waals surface area contributed by atoms with Crippen LogP contribution >= 0.6 is 0 Å². The third-order valence-electron chi connectivity index (χ3n) is 3.18. The van der Waals surface area contributed by atoms with Gasteiger partial charge in [0.1, 0.15) is 11.5 Å². The minimum absolute atomic E-state index is 0.727. The molecule has 114 valence electrons. The topological polar surface area (TPSA) is 51.6 Å². The summed E-state index contributed by atoms with van der Waals surface area (Å²) in [6.07, 6.45) is 3.54. The van der Waals surface area contributed by atoms with Crippen molar-refractivity contribution >= 4 is 10.8 Å².